The van der Waals surface area contributed by atoms with Gasteiger partial charge in [0.1, 0.15) is 11.2 Å². The lowest BCUT2D eigenvalue weighted by molar-refractivity contribution is 0.669. The second-order valence-corrected chi connectivity index (χ2v) is 15.4. The molecule has 0 radical (unpaired) electrons. The van der Waals surface area contributed by atoms with Crippen LogP contribution in [0.2, 0.25) is 0 Å². The first kappa shape index (κ1) is 26.9. The van der Waals surface area contributed by atoms with Crippen molar-refractivity contribution in [3.63, 3.8) is 0 Å². The highest BCUT2D eigenvalue weighted by atomic mass is 32.1. The maximum Gasteiger partial charge on any atom is 0.137 e. The minimum Gasteiger partial charge on any atom is -0.456 e. The Morgan fingerprint density at radius 3 is 1.84 bits per heavy atom. The molecule has 0 N–H and O–H groups in total. The maximum absolute atomic E-state index is 6.36. The fourth-order valence-electron chi connectivity index (χ4n) is 8.50. The molecule has 0 amide bonds. The van der Waals surface area contributed by atoms with Crippen LogP contribution in [0.5, 0.6) is 0 Å². The van der Waals surface area contributed by atoms with E-state index >= 15 is 0 Å². The summed E-state index contributed by atoms with van der Waals surface area (Å²) in [5.41, 5.74) is 10.2. The quantitative estimate of drug-likeness (QED) is 0.185. The van der Waals surface area contributed by atoms with Crippen molar-refractivity contribution in [3.8, 4) is 22.3 Å². The second-order valence-electron chi connectivity index (χ2n) is 13.2. The van der Waals surface area contributed by atoms with E-state index in [2.05, 4.69) is 144 Å². The van der Waals surface area contributed by atoms with Crippen LogP contribution in [0, 0.1) is 0 Å². The SMILES string of the molecule is c1ccc(N(c2cccc(-c3cc4sc5cccc6c5c4c4c3ccc3sc5cccc-6c5c34)c2)c2ccc3c(c2)oc2ccccc23)cc1. The summed E-state index contributed by atoms with van der Waals surface area (Å²) in [7, 11) is 0. The van der Waals surface area contributed by atoms with Gasteiger partial charge in [0.05, 0.1) is 0 Å². The van der Waals surface area contributed by atoms with Gasteiger partial charge in [-0.1, -0.05) is 78.9 Å². The molecule has 12 rings (SSSR count). The first-order valence-corrected chi connectivity index (χ1v) is 18.6. The molecule has 1 aliphatic rings. The first-order chi connectivity index (χ1) is 24.8. The molecule has 3 heterocycles. The Bertz CT molecular complexity index is 3190. The third kappa shape index (κ3) is 3.56. The number of anilines is 3. The van der Waals surface area contributed by atoms with Crippen molar-refractivity contribution in [1.29, 1.82) is 0 Å². The fourth-order valence-corrected chi connectivity index (χ4v) is 10.8. The van der Waals surface area contributed by atoms with Gasteiger partial charge in [-0.3, -0.25) is 0 Å². The summed E-state index contributed by atoms with van der Waals surface area (Å²) in [5, 5.41) is 10.6. The van der Waals surface area contributed by atoms with Crippen molar-refractivity contribution in [2.75, 3.05) is 4.90 Å². The summed E-state index contributed by atoms with van der Waals surface area (Å²) in [4.78, 5) is 2.34. The molecule has 11 aromatic rings. The van der Waals surface area contributed by atoms with Crippen LogP contribution in [-0.2, 0) is 0 Å². The molecular weight excluding hydrogens is 647 g/mol. The van der Waals surface area contributed by atoms with Crippen LogP contribution in [0.25, 0.3) is 95.3 Å². The molecule has 0 saturated heterocycles. The standard InChI is InChI=1S/C46H25NOS2/c1-2-10-27(11-3-1)47(29-19-20-31-30-13-4-5-16-36(30)48-37(31)24-29)28-12-6-9-26(23-28)35-25-41-46-43-33(15-8-18-39(43)50-41)32-14-7-17-38-42(32)45-40(49-38)22-21-34(35)44(45)46/h1-25H. The van der Waals surface area contributed by atoms with E-state index < -0.39 is 0 Å². The fraction of sp³-hybridized carbons (Fsp3) is 0. The summed E-state index contributed by atoms with van der Waals surface area (Å²) < 4.78 is 11.8. The number of nitrogens with zero attached hydrogens (tertiary/aromatic N) is 1. The number of thiophene rings is 2. The smallest absolute Gasteiger partial charge is 0.137 e. The number of rotatable bonds is 4. The normalized spacial score (nSPS) is 12.4. The Kier molecular flexibility index (Phi) is 5.29. The van der Waals surface area contributed by atoms with Crippen LogP contribution in [0.4, 0.5) is 17.1 Å². The summed E-state index contributed by atoms with van der Waals surface area (Å²) >= 11 is 3.83. The Labute approximate surface area is 294 Å². The van der Waals surface area contributed by atoms with Gasteiger partial charge in [-0.05, 0) is 94.4 Å². The van der Waals surface area contributed by atoms with E-state index in [1.54, 1.807) is 0 Å². The molecule has 0 atom stereocenters. The Balaban J connectivity index is 1.13. The molecule has 0 saturated carbocycles. The molecule has 2 nitrogen and oxygen atoms in total. The number of hydrogen-bond acceptors (Lipinski definition) is 4. The van der Waals surface area contributed by atoms with E-state index in [9.17, 15) is 0 Å². The molecule has 50 heavy (non-hydrogen) atoms. The lowest BCUT2D eigenvalue weighted by atomic mass is 9.93. The monoisotopic (exact) mass is 671 g/mol. The van der Waals surface area contributed by atoms with E-state index in [1.807, 2.05) is 34.8 Å². The zero-order chi connectivity index (χ0) is 32.5. The van der Waals surface area contributed by atoms with E-state index in [4.69, 9.17) is 4.42 Å². The number of hydrogen-bond donors (Lipinski definition) is 0. The average Bonchev–Trinajstić information content (AvgIpc) is 3.83. The van der Waals surface area contributed by atoms with E-state index in [0.717, 1.165) is 39.0 Å². The predicted molar refractivity (Wildman–Crippen MR) is 216 cm³/mol. The van der Waals surface area contributed by atoms with Crippen LogP contribution in [-0.4, -0.2) is 0 Å². The van der Waals surface area contributed by atoms with Crippen LogP contribution in [0.1, 0.15) is 0 Å². The topological polar surface area (TPSA) is 16.4 Å². The van der Waals surface area contributed by atoms with Gasteiger partial charge in [-0.15, -0.1) is 22.7 Å². The van der Waals surface area contributed by atoms with Gasteiger partial charge in [-0.2, -0.15) is 0 Å². The lowest BCUT2D eigenvalue weighted by Crippen LogP contribution is -2.09. The summed E-state index contributed by atoms with van der Waals surface area (Å²) in [6, 6.07) is 55.4. The molecule has 232 valence electrons. The Morgan fingerprint density at radius 1 is 0.360 bits per heavy atom. The van der Waals surface area contributed by atoms with Gasteiger partial charge in [0.25, 0.3) is 0 Å². The van der Waals surface area contributed by atoms with Crippen molar-refractivity contribution in [3.05, 3.63) is 152 Å². The molecule has 1 aliphatic carbocycles. The minimum atomic E-state index is 0.887. The summed E-state index contributed by atoms with van der Waals surface area (Å²) in [5.74, 6) is 0. The third-order valence-electron chi connectivity index (χ3n) is 10.6. The number of benzene rings is 8. The van der Waals surface area contributed by atoms with Crippen molar-refractivity contribution in [1.82, 2.24) is 0 Å². The molecule has 0 fully saturated rings. The molecule has 4 heteroatoms. The van der Waals surface area contributed by atoms with Crippen molar-refractivity contribution < 1.29 is 4.42 Å². The zero-order valence-electron chi connectivity index (χ0n) is 26.6. The first-order valence-electron chi connectivity index (χ1n) is 16.9. The van der Waals surface area contributed by atoms with Gasteiger partial charge in [-0.25, -0.2) is 0 Å². The number of furan rings is 1. The van der Waals surface area contributed by atoms with Crippen molar-refractivity contribution in [2.24, 2.45) is 0 Å². The van der Waals surface area contributed by atoms with Gasteiger partial charge in [0.2, 0.25) is 0 Å². The highest BCUT2D eigenvalue weighted by Crippen LogP contribution is 2.54. The number of fused-ring (bicyclic) bond motifs is 4. The van der Waals surface area contributed by atoms with E-state index in [-0.39, 0.29) is 0 Å². The molecule has 8 aromatic carbocycles. The maximum atomic E-state index is 6.36. The van der Waals surface area contributed by atoms with Crippen molar-refractivity contribution >= 4 is 113 Å². The molecule has 0 spiro atoms. The lowest BCUT2D eigenvalue weighted by Gasteiger charge is -2.26. The second kappa shape index (κ2) is 9.82. The molecule has 0 aliphatic heterocycles. The van der Waals surface area contributed by atoms with Gasteiger partial charge < -0.3 is 9.32 Å². The average molecular weight is 672 g/mol. The van der Waals surface area contributed by atoms with Crippen LogP contribution >= 0.6 is 22.7 Å². The Hall–Kier alpha value is -5.94. The molecule has 0 bridgehead atoms. The summed E-state index contributed by atoms with van der Waals surface area (Å²) in [6.45, 7) is 0. The highest BCUT2D eigenvalue weighted by molar-refractivity contribution is 7.27. The van der Waals surface area contributed by atoms with Gasteiger partial charge in [0.15, 0.2) is 0 Å². The van der Waals surface area contributed by atoms with E-state index in [1.165, 1.54) is 73.4 Å². The number of para-hydroxylation sites is 2. The molecular formula is C46H25NOS2. The van der Waals surface area contributed by atoms with Gasteiger partial charge >= 0.3 is 0 Å². The largest absolute Gasteiger partial charge is 0.456 e. The van der Waals surface area contributed by atoms with Crippen LogP contribution < -0.4 is 4.90 Å². The third-order valence-corrected chi connectivity index (χ3v) is 12.8. The van der Waals surface area contributed by atoms with Crippen molar-refractivity contribution in [2.45, 2.75) is 0 Å². The highest BCUT2D eigenvalue weighted by Gasteiger charge is 2.25. The van der Waals surface area contributed by atoms with Crippen LogP contribution in [0.15, 0.2) is 156 Å². The Morgan fingerprint density at radius 2 is 1.00 bits per heavy atom. The van der Waals surface area contributed by atoms with E-state index in [0.29, 0.717) is 0 Å². The minimum absolute atomic E-state index is 0.887. The van der Waals surface area contributed by atoms with Crippen LogP contribution in [0.3, 0.4) is 0 Å². The molecule has 3 aromatic heterocycles. The van der Waals surface area contributed by atoms with Gasteiger partial charge in [0, 0.05) is 79.6 Å². The predicted octanol–water partition coefficient (Wildman–Crippen LogP) is 14.6. The zero-order valence-corrected chi connectivity index (χ0v) is 28.2. The summed E-state index contributed by atoms with van der Waals surface area (Å²) in [6.07, 6.45) is 0. The molecule has 0 unspecified atom stereocenters.